The molecule has 2 N–H and O–H groups in total. The number of amides is 1. The molecule has 2 unspecified atom stereocenters. The number of hydrogen-bond donors (Lipinski definition) is 2. The topological polar surface area (TPSA) is 52.6 Å². The maximum absolute atomic E-state index is 13.9. The first-order valence-electron chi connectivity index (χ1n) is 7.09. The fourth-order valence-electron chi connectivity index (χ4n) is 2.77. The number of carbonyl (C=O) groups excluding carboxylic acids is 1. The van der Waals surface area contributed by atoms with Gasteiger partial charge >= 0.3 is 0 Å². The molecule has 1 saturated heterocycles. The summed E-state index contributed by atoms with van der Waals surface area (Å²) in [5.41, 5.74) is 0.283. The molecule has 116 valence electrons. The van der Waals surface area contributed by atoms with Gasteiger partial charge < -0.3 is 10.4 Å². The third-order valence-corrected chi connectivity index (χ3v) is 3.69. The number of rotatable bonds is 5. The summed E-state index contributed by atoms with van der Waals surface area (Å²) in [5.74, 6) is -1.03. The fraction of sp³-hybridized carbons (Fsp3) is 0.533. The van der Waals surface area contributed by atoms with Gasteiger partial charge in [0.15, 0.2) is 0 Å². The van der Waals surface area contributed by atoms with E-state index in [0.717, 1.165) is 12.1 Å². The molecule has 2 atom stereocenters. The number of halogens is 2. The van der Waals surface area contributed by atoms with Crippen LogP contribution in [0.2, 0.25) is 0 Å². The van der Waals surface area contributed by atoms with Crippen LogP contribution in [0.25, 0.3) is 0 Å². The van der Waals surface area contributed by atoms with Gasteiger partial charge in [0.25, 0.3) is 0 Å². The van der Waals surface area contributed by atoms with Crippen molar-refractivity contribution >= 4 is 5.91 Å². The first kappa shape index (κ1) is 15.9. The van der Waals surface area contributed by atoms with Gasteiger partial charge in [-0.15, -0.1) is 0 Å². The maximum atomic E-state index is 13.9. The third-order valence-electron chi connectivity index (χ3n) is 3.69. The fourth-order valence-corrected chi connectivity index (χ4v) is 2.77. The lowest BCUT2D eigenvalue weighted by Crippen LogP contribution is -2.30. The zero-order chi connectivity index (χ0) is 15.4. The molecule has 1 aliphatic heterocycles. The third kappa shape index (κ3) is 4.22. The molecule has 2 rings (SSSR count). The van der Waals surface area contributed by atoms with Crippen LogP contribution in [0.4, 0.5) is 8.78 Å². The molecule has 0 spiro atoms. The lowest BCUT2D eigenvalue weighted by Gasteiger charge is -2.24. The first-order valence-corrected chi connectivity index (χ1v) is 7.09. The van der Waals surface area contributed by atoms with E-state index >= 15 is 0 Å². The monoisotopic (exact) mass is 298 g/mol. The molecule has 4 nitrogen and oxygen atoms in total. The second-order valence-electron chi connectivity index (χ2n) is 5.40. The van der Waals surface area contributed by atoms with E-state index in [9.17, 15) is 18.7 Å². The lowest BCUT2D eigenvalue weighted by molar-refractivity contribution is -0.118. The van der Waals surface area contributed by atoms with Gasteiger partial charge in [-0.25, -0.2) is 8.78 Å². The Morgan fingerprint density at radius 3 is 2.95 bits per heavy atom. The van der Waals surface area contributed by atoms with Gasteiger partial charge in [0, 0.05) is 38.2 Å². The zero-order valence-corrected chi connectivity index (χ0v) is 12.0. The van der Waals surface area contributed by atoms with Gasteiger partial charge in [0.05, 0.1) is 6.10 Å². The molecule has 21 heavy (non-hydrogen) atoms. The molecule has 6 heteroatoms. The Balaban J connectivity index is 2.02. The van der Waals surface area contributed by atoms with Crippen LogP contribution in [0.15, 0.2) is 18.2 Å². The Hall–Kier alpha value is -1.53. The molecule has 1 aliphatic rings. The van der Waals surface area contributed by atoms with E-state index in [0.29, 0.717) is 32.5 Å². The molecule has 1 aromatic carbocycles. The van der Waals surface area contributed by atoms with Gasteiger partial charge in [-0.3, -0.25) is 9.69 Å². The van der Waals surface area contributed by atoms with Gasteiger partial charge in [0.2, 0.25) is 5.91 Å². The molecular formula is C15H20F2N2O2. The van der Waals surface area contributed by atoms with Crippen molar-refractivity contribution in [1.29, 1.82) is 0 Å². The second kappa shape index (κ2) is 6.95. The molecule has 1 heterocycles. The van der Waals surface area contributed by atoms with Crippen LogP contribution in [-0.4, -0.2) is 41.7 Å². The molecule has 1 amide bonds. The smallest absolute Gasteiger partial charge is 0.216 e. The number of nitrogens with zero attached hydrogens (tertiary/aromatic N) is 1. The van der Waals surface area contributed by atoms with Crippen molar-refractivity contribution in [3.8, 4) is 0 Å². The summed E-state index contributed by atoms with van der Waals surface area (Å²) in [6.07, 6.45) is 0.540. The van der Waals surface area contributed by atoms with E-state index in [2.05, 4.69) is 5.32 Å². The number of nitrogens with one attached hydrogen (secondary N) is 1. The number of carbonyl (C=O) groups is 1. The van der Waals surface area contributed by atoms with Crippen LogP contribution in [-0.2, 0) is 4.79 Å². The predicted molar refractivity (Wildman–Crippen MR) is 74.6 cm³/mol. The summed E-state index contributed by atoms with van der Waals surface area (Å²) in [7, 11) is 0. The summed E-state index contributed by atoms with van der Waals surface area (Å²) in [5, 5.41) is 12.5. The Labute approximate surface area is 122 Å². The van der Waals surface area contributed by atoms with Crippen LogP contribution in [0, 0.1) is 11.6 Å². The van der Waals surface area contributed by atoms with E-state index in [-0.39, 0.29) is 17.5 Å². The molecule has 1 fully saturated rings. The van der Waals surface area contributed by atoms with Crippen molar-refractivity contribution in [2.75, 3.05) is 19.6 Å². The molecular weight excluding hydrogens is 278 g/mol. The first-order chi connectivity index (χ1) is 9.97. The van der Waals surface area contributed by atoms with E-state index in [4.69, 9.17) is 0 Å². The lowest BCUT2D eigenvalue weighted by atomic mass is 10.0. The van der Waals surface area contributed by atoms with Crippen molar-refractivity contribution in [2.45, 2.75) is 31.9 Å². The molecule has 0 bridgehead atoms. The highest BCUT2D eigenvalue weighted by atomic mass is 19.1. The number of β-amino-alcohol motifs (C(OH)–C–C–N with tert-alkyl or cyclic N) is 1. The zero-order valence-electron chi connectivity index (χ0n) is 12.0. The number of benzene rings is 1. The van der Waals surface area contributed by atoms with E-state index < -0.39 is 17.7 Å². The number of aliphatic hydroxyl groups excluding tert-OH is 1. The minimum Gasteiger partial charge on any atom is -0.392 e. The molecule has 0 radical (unpaired) electrons. The summed E-state index contributed by atoms with van der Waals surface area (Å²) in [6, 6.07) is 3.07. The second-order valence-corrected chi connectivity index (χ2v) is 5.40. The van der Waals surface area contributed by atoms with Gasteiger partial charge in [-0.2, -0.15) is 0 Å². The predicted octanol–water partition coefficient (Wildman–Crippen LogP) is 1.60. The SMILES string of the molecule is CC(=O)NCCCN1CC(O)CC1c1cc(F)ccc1F. The number of likely N-dealkylation sites (tertiary alicyclic amines) is 1. The van der Waals surface area contributed by atoms with Crippen molar-refractivity contribution in [3.63, 3.8) is 0 Å². The molecule has 0 aromatic heterocycles. The summed E-state index contributed by atoms with van der Waals surface area (Å²) >= 11 is 0. The van der Waals surface area contributed by atoms with E-state index in [1.54, 1.807) is 0 Å². The Kier molecular flexibility index (Phi) is 5.25. The number of aliphatic hydroxyl groups is 1. The van der Waals surface area contributed by atoms with Crippen LogP contribution in [0.5, 0.6) is 0 Å². The van der Waals surface area contributed by atoms with Gasteiger partial charge in [-0.1, -0.05) is 0 Å². The summed E-state index contributed by atoms with van der Waals surface area (Å²) < 4.78 is 27.2. The highest BCUT2D eigenvalue weighted by molar-refractivity contribution is 5.72. The Morgan fingerprint density at radius 2 is 2.24 bits per heavy atom. The highest BCUT2D eigenvalue weighted by Gasteiger charge is 2.33. The normalized spacial score (nSPS) is 22.5. The highest BCUT2D eigenvalue weighted by Crippen LogP contribution is 2.33. The molecule has 0 aliphatic carbocycles. The quantitative estimate of drug-likeness (QED) is 0.812. The van der Waals surface area contributed by atoms with Crippen LogP contribution < -0.4 is 5.32 Å². The summed E-state index contributed by atoms with van der Waals surface area (Å²) in [6.45, 7) is 3.02. The van der Waals surface area contributed by atoms with Crippen LogP contribution >= 0.6 is 0 Å². The van der Waals surface area contributed by atoms with Crippen molar-refractivity contribution in [1.82, 2.24) is 10.2 Å². The Morgan fingerprint density at radius 1 is 1.48 bits per heavy atom. The maximum Gasteiger partial charge on any atom is 0.216 e. The van der Waals surface area contributed by atoms with E-state index in [1.165, 1.54) is 13.0 Å². The van der Waals surface area contributed by atoms with Crippen LogP contribution in [0.3, 0.4) is 0 Å². The molecule has 1 aromatic rings. The van der Waals surface area contributed by atoms with Gasteiger partial charge in [0.1, 0.15) is 11.6 Å². The van der Waals surface area contributed by atoms with Crippen molar-refractivity contribution in [3.05, 3.63) is 35.4 Å². The average Bonchev–Trinajstić information content (AvgIpc) is 2.78. The minimum atomic E-state index is -0.543. The largest absolute Gasteiger partial charge is 0.392 e. The van der Waals surface area contributed by atoms with Crippen molar-refractivity contribution < 1.29 is 18.7 Å². The minimum absolute atomic E-state index is 0.0934. The standard InChI is InChI=1S/C15H20F2N2O2/c1-10(20)18-5-2-6-19-9-12(21)8-15(19)13-7-11(16)3-4-14(13)17/h3-4,7,12,15,21H,2,5-6,8-9H2,1H3,(H,18,20). The van der Waals surface area contributed by atoms with E-state index in [1.807, 2.05) is 4.90 Å². The van der Waals surface area contributed by atoms with Crippen molar-refractivity contribution in [2.24, 2.45) is 0 Å². The van der Waals surface area contributed by atoms with Crippen LogP contribution in [0.1, 0.15) is 31.4 Å². The summed E-state index contributed by atoms with van der Waals surface area (Å²) in [4.78, 5) is 12.7. The number of hydrogen-bond acceptors (Lipinski definition) is 3. The Bertz CT molecular complexity index is 510. The average molecular weight is 298 g/mol. The molecule has 0 saturated carbocycles. The van der Waals surface area contributed by atoms with Gasteiger partial charge in [-0.05, 0) is 31.0 Å².